The summed E-state index contributed by atoms with van der Waals surface area (Å²) >= 11 is 0. The molecule has 0 unspecified atom stereocenters. The van der Waals surface area contributed by atoms with Crippen LogP contribution in [0.25, 0.3) is 11.3 Å². The van der Waals surface area contributed by atoms with Gasteiger partial charge in [0.05, 0.1) is 0 Å². The zero-order valence-electron chi connectivity index (χ0n) is 11.2. The molecule has 0 saturated carbocycles. The predicted octanol–water partition coefficient (Wildman–Crippen LogP) is 2.40. The molecule has 0 saturated heterocycles. The summed E-state index contributed by atoms with van der Waals surface area (Å²) in [5.74, 6) is -0.373. The molecule has 0 atom stereocenters. The van der Waals surface area contributed by atoms with E-state index in [-0.39, 0.29) is 22.9 Å². The summed E-state index contributed by atoms with van der Waals surface area (Å²) in [5.41, 5.74) is 0.587. The maximum absolute atomic E-state index is 12.1. The molecule has 0 aliphatic carbocycles. The molecule has 0 bridgehead atoms. The quantitative estimate of drug-likeness (QED) is 0.752. The highest BCUT2D eigenvalue weighted by Gasteiger charge is 2.28. The number of nitrogens with zero attached hydrogens (tertiary/aromatic N) is 4. The summed E-state index contributed by atoms with van der Waals surface area (Å²) in [6.07, 6.45) is -4.40. The first kappa shape index (κ1) is 14.8. The van der Waals surface area contributed by atoms with Crippen molar-refractivity contribution in [3.8, 4) is 11.6 Å². The number of anilines is 2. The number of alkyl halides is 3. The van der Waals surface area contributed by atoms with Crippen LogP contribution in [0.2, 0.25) is 0 Å². The van der Waals surface area contributed by atoms with Crippen molar-refractivity contribution >= 4 is 22.8 Å². The molecule has 0 aliphatic heterocycles. The normalized spacial score (nSPS) is 11.6. The number of aromatic hydroxyl groups is 1. The fourth-order valence-electron chi connectivity index (χ4n) is 1.65. The van der Waals surface area contributed by atoms with Crippen molar-refractivity contribution in [1.29, 1.82) is 0 Å². The van der Waals surface area contributed by atoms with Gasteiger partial charge >= 0.3 is 6.18 Å². The Morgan fingerprint density at radius 1 is 1.09 bits per heavy atom. The first-order chi connectivity index (χ1) is 10.9. The third kappa shape index (κ3) is 3.56. The molecule has 11 heteroatoms. The number of halogens is 3. The summed E-state index contributed by atoms with van der Waals surface area (Å²) < 4.78 is 45.2. The number of aromatic nitrogens is 4. The highest BCUT2D eigenvalue weighted by molar-refractivity contribution is 5.71. The van der Waals surface area contributed by atoms with Gasteiger partial charge < -0.3 is 15.2 Å². The van der Waals surface area contributed by atoms with Crippen LogP contribution in [0.15, 0.2) is 28.9 Å². The second-order valence-electron chi connectivity index (χ2n) is 4.36. The van der Waals surface area contributed by atoms with Gasteiger partial charge in [-0.1, -0.05) is 0 Å². The average molecular weight is 327 g/mol. The maximum Gasteiger partial charge on any atom is 0.422 e. The Labute approximate surface area is 125 Å². The number of nitrogens with one attached hydrogen (secondary N) is 1. The van der Waals surface area contributed by atoms with Crippen molar-refractivity contribution in [2.45, 2.75) is 6.18 Å². The molecule has 2 heterocycles. The lowest BCUT2D eigenvalue weighted by Gasteiger charge is -2.10. The van der Waals surface area contributed by atoms with E-state index in [1.54, 1.807) is 0 Å². The van der Waals surface area contributed by atoms with Crippen molar-refractivity contribution in [2.24, 2.45) is 0 Å². The van der Waals surface area contributed by atoms with Crippen LogP contribution in [0.1, 0.15) is 0 Å². The molecule has 0 radical (unpaired) electrons. The number of ether oxygens (including phenoxy) is 1. The molecule has 8 nitrogen and oxygen atoms in total. The lowest BCUT2D eigenvalue weighted by Crippen LogP contribution is -2.19. The number of benzene rings is 1. The van der Waals surface area contributed by atoms with Crippen LogP contribution in [0, 0.1) is 0 Å². The second kappa shape index (κ2) is 5.59. The van der Waals surface area contributed by atoms with Crippen LogP contribution in [0.5, 0.6) is 11.6 Å². The fraction of sp³-hybridized carbons (Fsp3) is 0.167. The smallest absolute Gasteiger partial charge is 0.422 e. The first-order valence-corrected chi connectivity index (χ1v) is 6.17. The minimum atomic E-state index is -4.40. The van der Waals surface area contributed by atoms with Gasteiger partial charge in [0.15, 0.2) is 12.4 Å². The number of fused-ring (bicyclic) bond motifs is 1. The molecule has 0 spiro atoms. The van der Waals surface area contributed by atoms with Gasteiger partial charge in [-0.3, -0.25) is 0 Å². The molecule has 3 aromatic rings. The van der Waals surface area contributed by atoms with E-state index in [0.29, 0.717) is 5.69 Å². The lowest BCUT2D eigenvalue weighted by atomic mass is 10.3. The van der Waals surface area contributed by atoms with Gasteiger partial charge in [0, 0.05) is 5.69 Å². The summed E-state index contributed by atoms with van der Waals surface area (Å²) in [5, 5.41) is 19.4. The molecule has 0 fully saturated rings. The predicted molar refractivity (Wildman–Crippen MR) is 70.3 cm³/mol. The standard InChI is InChI=1S/C12H8F3N5O3/c13-12(14,15)5-22-7-3-1-6(2-4-7)16-10-11(21)18-9-8(17-10)19-23-20-9/h1-4H,5H2,(H,16,17,19)(H,18,20,21). The lowest BCUT2D eigenvalue weighted by molar-refractivity contribution is -0.153. The fourth-order valence-corrected chi connectivity index (χ4v) is 1.65. The number of hydrogen-bond acceptors (Lipinski definition) is 8. The topological polar surface area (TPSA) is 106 Å². The highest BCUT2D eigenvalue weighted by atomic mass is 19.4. The summed E-state index contributed by atoms with van der Waals surface area (Å²) in [7, 11) is 0. The molecule has 0 amide bonds. The molecule has 2 N–H and O–H groups in total. The third-order valence-electron chi connectivity index (χ3n) is 2.62. The third-order valence-corrected chi connectivity index (χ3v) is 2.62. The van der Waals surface area contributed by atoms with E-state index in [4.69, 9.17) is 0 Å². The summed E-state index contributed by atoms with van der Waals surface area (Å²) in [6.45, 7) is -1.37. The van der Waals surface area contributed by atoms with Gasteiger partial charge in [-0.2, -0.15) is 23.1 Å². The molecular weight excluding hydrogens is 319 g/mol. The zero-order chi connectivity index (χ0) is 16.4. The Bertz CT molecular complexity index is 819. The Balaban J connectivity index is 1.73. The molecule has 1 aromatic carbocycles. The van der Waals surface area contributed by atoms with E-state index in [9.17, 15) is 18.3 Å². The molecule has 120 valence electrons. The SMILES string of the molecule is Oc1nc2nonc2nc1Nc1ccc(OCC(F)(F)F)cc1. The van der Waals surface area contributed by atoms with Crippen molar-refractivity contribution in [1.82, 2.24) is 20.3 Å². The van der Waals surface area contributed by atoms with Crippen LogP contribution < -0.4 is 10.1 Å². The van der Waals surface area contributed by atoms with Gasteiger partial charge in [-0.15, -0.1) is 0 Å². The molecule has 0 aliphatic rings. The van der Waals surface area contributed by atoms with Gasteiger partial charge in [0.2, 0.25) is 11.3 Å². The molecule has 3 rings (SSSR count). The van der Waals surface area contributed by atoms with Crippen molar-refractivity contribution < 1.29 is 27.6 Å². The largest absolute Gasteiger partial charge is 0.491 e. The minimum absolute atomic E-state index is 0.00263. The minimum Gasteiger partial charge on any atom is -0.491 e. The van der Waals surface area contributed by atoms with Crippen LogP contribution in [-0.2, 0) is 0 Å². The molecule has 23 heavy (non-hydrogen) atoms. The van der Waals surface area contributed by atoms with Crippen LogP contribution in [0.4, 0.5) is 24.7 Å². The van der Waals surface area contributed by atoms with Gasteiger partial charge in [-0.25, -0.2) is 4.63 Å². The second-order valence-corrected chi connectivity index (χ2v) is 4.36. The van der Waals surface area contributed by atoms with Crippen LogP contribution in [-0.4, -0.2) is 38.2 Å². The van der Waals surface area contributed by atoms with E-state index in [0.717, 1.165) is 0 Å². The van der Waals surface area contributed by atoms with Gasteiger partial charge in [0.25, 0.3) is 5.88 Å². The first-order valence-electron chi connectivity index (χ1n) is 6.17. The van der Waals surface area contributed by atoms with Crippen LogP contribution >= 0.6 is 0 Å². The number of hydrogen-bond donors (Lipinski definition) is 2. The van der Waals surface area contributed by atoms with Crippen molar-refractivity contribution in [2.75, 3.05) is 11.9 Å². The van der Waals surface area contributed by atoms with Crippen molar-refractivity contribution in [3.63, 3.8) is 0 Å². The summed E-state index contributed by atoms with van der Waals surface area (Å²) in [4.78, 5) is 7.67. The van der Waals surface area contributed by atoms with Gasteiger partial charge in [-0.05, 0) is 34.6 Å². The average Bonchev–Trinajstić information content (AvgIpc) is 2.93. The Morgan fingerprint density at radius 2 is 1.74 bits per heavy atom. The molecule has 2 aromatic heterocycles. The highest BCUT2D eigenvalue weighted by Crippen LogP contribution is 2.26. The van der Waals surface area contributed by atoms with E-state index in [1.165, 1.54) is 24.3 Å². The Morgan fingerprint density at radius 3 is 2.39 bits per heavy atom. The van der Waals surface area contributed by atoms with E-state index >= 15 is 0 Å². The zero-order valence-corrected chi connectivity index (χ0v) is 11.2. The van der Waals surface area contributed by atoms with E-state index in [2.05, 4.69) is 35.0 Å². The molecular formula is C12H8F3N5O3. The van der Waals surface area contributed by atoms with E-state index < -0.39 is 18.7 Å². The van der Waals surface area contributed by atoms with E-state index in [1.807, 2.05) is 0 Å². The Kier molecular flexibility index (Phi) is 3.60. The summed E-state index contributed by atoms with van der Waals surface area (Å²) in [6, 6.07) is 5.60. The van der Waals surface area contributed by atoms with Crippen LogP contribution in [0.3, 0.4) is 0 Å². The van der Waals surface area contributed by atoms with Crippen molar-refractivity contribution in [3.05, 3.63) is 24.3 Å². The maximum atomic E-state index is 12.1. The van der Waals surface area contributed by atoms with Gasteiger partial charge in [0.1, 0.15) is 5.75 Å². The Hall–Kier alpha value is -3.11. The number of rotatable bonds is 4. The monoisotopic (exact) mass is 327 g/mol.